The summed E-state index contributed by atoms with van der Waals surface area (Å²) in [5, 5.41) is 9.89. The molecule has 0 atom stereocenters. The monoisotopic (exact) mass is 341 g/mol. The Balaban J connectivity index is 3.52. The molecule has 5 nitrogen and oxygen atoms in total. The smallest absolute Gasteiger partial charge is 0.312 e. The van der Waals surface area contributed by atoms with Gasteiger partial charge in [0.05, 0.1) is 17.6 Å². The second-order valence-corrected chi connectivity index (χ2v) is 4.13. The summed E-state index contributed by atoms with van der Waals surface area (Å²) in [6.45, 7) is 0. The Labute approximate surface area is 104 Å². The number of nitro benzene ring substituents is 1. The lowest BCUT2D eigenvalue weighted by molar-refractivity contribution is -0.385. The molecule has 1 aromatic carbocycles. The van der Waals surface area contributed by atoms with Gasteiger partial charge in [-0.15, -0.1) is 0 Å². The van der Waals surface area contributed by atoms with Crippen LogP contribution in [0.1, 0.15) is 10.4 Å². The van der Waals surface area contributed by atoms with Gasteiger partial charge in [0.25, 0.3) is 5.24 Å². The van der Waals surface area contributed by atoms with Crippen molar-refractivity contribution in [3.8, 4) is 5.75 Å². The van der Waals surface area contributed by atoms with Crippen LogP contribution in [0.3, 0.4) is 0 Å². The number of benzene rings is 1. The van der Waals surface area contributed by atoms with E-state index < -0.39 is 10.2 Å². The maximum absolute atomic E-state index is 11.0. The quantitative estimate of drug-likeness (QED) is 0.367. The van der Waals surface area contributed by atoms with Gasteiger partial charge < -0.3 is 4.74 Å². The third-order valence-electron chi connectivity index (χ3n) is 1.65. The van der Waals surface area contributed by atoms with Gasteiger partial charge in [-0.25, -0.2) is 0 Å². The summed E-state index contributed by atoms with van der Waals surface area (Å²) in [5.74, 6) is -0.111. The van der Waals surface area contributed by atoms with Crippen molar-refractivity contribution in [3.63, 3.8) is 0 Å². The number of carbonyl (C=O) groups is 1. The molecule has 0 amide bonds. The Bertz CT molecular complexity index is 400. The first-order chi connectivity index (χ1) is 6.97. The minimum Gasteiger partial charge on any atom is -0.490 e. The highest BCUT2D eigenvalue weighted by Gasteiger charge is 2.23. The lowest BCUT2D eigenvalue weighted by Gasteiger charge is -2.05. The van der Waals surface area contributed by atoms with Crippen molar-refractivity contribution in [1.29, 1.82) is 0 Å². The zero-order valence-corrected chi connectivity index (χ0v) is 10.4. The van der Waals surface area contributed by atoms with E-state index >= 15 is 0 Å². The average molecular weight is 341 g/mol. The highest BCUT2D eigenvalue weighted by atomic mass is 127. The summed E-state index contributed by atoms with van der Waals surface area (Å²) in [6.07, 6.45) is 0. The van der Waals surface area contributed by atoms with Crippen LogP contribution in [0, 0.1) is 13.7 Å². The van der Waals surface area contributed by atoms with Gasteiger partial charge in [0.2, 0.25) is 5.75 Å². The van der Waals surface area contributed by atoms with Crippen LogP contribution >= 0.6 is 34.2 Å². The molecule has 0 N–H and O–H groups in total. The largest absolute Gasteiger partial charge is 0.490 e. The van der Waals surface area contributed by atoms with Gasteiger partial charge in [-0.3, -0.25) is 14.9 Å². The molecule has 1 rings (SSSR count). The van der Waals surface area contributed by atoms with Crippen molar-refractivity contribution >= 4 is 45.1 Å². The number of nitrogens with zero attached hydrogens (tertiary/aromatic N) is 1. The molecule has 0 spiro atoms. The van der Waals surface area contributed by atoms with E-state index in [2.05, 4.69) is 0 Å². The third kappa shape index (κ3) is 2.57. The maximum Gasteiger partial charge on any atom is 0.312 e. The summed E-state index contributed by atoms with van der Waals surface area (Å²) < 4.78 is 5.35. The first-order valence-corrected chi connectivity index (χ1v) is 5.14. The number of rotatable bonds is 3. The number of halogens is 2. The van der Waals surface area contributed by atoms with Crippen LogP contribution in [-0.4, -0.2) is 17.3 Å². The van der Waals surface area contributed by atoms with E-state index in [4.69, 9.17) is 16.3 Å². The third-order valence-corrected chi connectivity index (χ3v) is 2.47. The zero-order valence-electron chi connectivity index (χ0n) is 7.49. The van der Waals surface area contributed by atoms with Gasteiger partial charge in [0.1, 0.15) is 0 Å². The van der Waals surface area contributed by atoms with E-state index in [-0.39, 0.29) is 17.0 Å². The molecule has 0 unspecified atom stereocenters. The summed E-state index contributed by atoms with van der Waals surface area (Å²) in [6, 6.07) is 2.74. The van der Waals surface area contributed by atoms with Gasteiger partial charge >= 0.3 is 5.69 Å². The Kier molecular flexibility index (Phi) is 3.86. The number of hydrogen-bond donors (Lipinski definition) is 0. The molecule has 15 heavy (non-hydrogen) atoms. The number of ether oxygens (including phenoxy) is 1. The van der Waals surface area contributed by atoms with Crippen molar-refractivity contribution < 1.29 is 14.5 Å². The molecule has 0 bridgehead atoms. The van der Waals surface area contributed by atoms with Crippen LogP contribution in [0.4, 0.5) is 5.69 Å². The van der Waals surface area contributed by atoms with E-state index in [1.54, 1.807) is 0 Å². The molecule has 0 aliphatic heterocycles. The van der Waals surface area contributed by atoms with Crippen molar-refractivity contribution in [3.05, 3.63) is 31.4 Å². The Morgan fingerprint density at radius 2 is 2.20 bits per heavy atom. The van der Waals surface area contributed by atoms with Crippen molar-refractivity contribution in [2.45, 2.75) is 0 Å². The molecule has 0 saturated heterocycles. The Morgan fingerprint density at radius 3 is 2.60 bits per heavy atom. The normalized spacial score (nSPS) is 9.80. The highest BCUT2D eigenvalue weighted by Crippen LogP contribution is 2.33. The van der Waals surface area contributed by atoms with Crippen LogP contribution in [0.5, 0.6) is 5.75 Å². The molecule has 0 saturated carbocycles. The minimum absolute atomic E-state index is 0.00207. The van der Waals surface area contributed by atoms with Crippen LogP contribution < -0.4 is 4.74 Å². The predicted octanol–water partition coefficient (Wildman–Crippen LogP) is 2.59. The SMILES string of the molecule is COc1c(C(=O)Cl)cc(I)cc1[N+](=O)[O-]. The standard InChI is InChI=1S/C8H5ClINO4/c1-15-7-5(8(9)12)2-4(10)3-6(7)11(13)14/h2-3H,1H3. The average Bonchev–Trinajstić information content (AvgIpc) is 2.16. The second kappa shape index (κ2) is 4.75. The molecule has 1 aromatic rings. The Morgan fingerprint density at radius 1 is 1.60 bits per heavy atom. The van der Waals surface area contributed by atoms with E-state index in [1.165, 1.54) is 19.2 Å². The molecule has 80 valence electrons. The van der Waals surface area contributed by atoms with Crippen LogP contribution in [-0.2, 0) is 0 Å². The maximum atomic E-state index is 11.0. The van der Waals surface area contributed by atoms with Crippen molar-refractivity contribution in [2.75, 3.05) is 7.11 Å². The number of carbonyl (C=O) groups excluding carboxylic acids is 1. The molecular weight excluding hydrogens is 336 g/mol. The van der Waals surface area contributed by atoms with Gasteiger partial charge in [-0.1, -0.05) is 0 Å². The zero-order chi connectivity index (χ0) is 11.6. The molecule has 0 aromatic heterocycles. The van der Waals surface area contributed by atoms with Gasteiger partial charge in [-0.2, -0.15) is 0 Å². The lowest BCUT2D eigenvalue weighted by atomic mass is 10.2. The fourth-order valence-electron chi connectivity index (χ4n) is 1.08. The summed E-state index contributed by atoms with van der Waals surface area (Å²) >= 11 is 7.15. The molecule has 0 aliphatic rings. The van der Waals surface area contributed by atoms with Gasteiger partial charge in [0, 0.05) is 9.64 Å². The van der Waals surface area contributed by atoms with E-state index in [1.807, 2.05) is 22.6 Å². The summed E-state index contributed by atoms with van der Waals surface area (Å²) in [4.78, 5) is 21.1. The predicted molar refractivity (Wildman–Crippen MR) is 62.5 cm³/mol. The second-order valence-electron chi connectivity index (χ2n) is 2.54. The van der Waals surface area contributed by atoms with E-state index in [0.717, 1.165) is 0 Å². The van der Waals surface area contributed by atoms with E-state index in [0.29, 0.717) is 3.57 Å². The van der Waals surface area contributed by atoms with Crippen LogP contribution in [0.25, 0.3) is 0 Å². The first-order valence-electron chi connectivity index (χ1n) is 3.69. The molecular formula is C8H5ClINO4. The number of hydrogen-bond acceptors (Lipinski definition) is 4. The van der Waals surface area contributed by atoms with Crippen LogP contribution in [0.15, 0.2) is 12.1 Å². The summed E-state index contributed by atoms with van der Waals surface area (Å²) in [5.41, 5.74) is -0.272. The van der Waals surface area contributed by atoms with Crippen molar-refractivity contribution in [2.24, 2.45) is 0 Å². The van der Waals surface area contributed by atoms with Gasteiger partial charge in [-0.05, 0) is 40.3 Å². The van der Waals surface area contributed by atoms with E-state index in [9.17, 15) is 14.9 Å². The molecule has 0 aliphatic carbocycles. The van der Waals surface area contributed by atoms with Crippen LogP contribution in [0.2, 0.25) is 0 Å². The number of methoxy groups -OCH3 is 1. The fourth-order valence-corrected chi connectivity index (χ4v) is 1.82. The summed E-state index contributed by atoms with van der Waals surface area (Å²) in [7, 11) is 1.25. The topological polar surface area (TPSA) is 69.4 Å². The van der Waals surface area contributed by atoms with Gasteiger partial charge in [0.15, 0.2) is 0 Å². The molecule has 0 heterocycles. The Hall–Kier alpha value is -0.890. The van der Waals surface area contributed by atoms with Crippen molar-refractivity contribution in [1.82, 2.24) is 0 Å². The fraction of sp³-hybridized carbons (Fsp3) is 0.125. The lowest BCUT2D eigenvalue weighted by Crippen LogP contribution is -2.01. The highest BCUT2D eigenvalue weighted by molar-refractivity contribution is 14.1. The molecule has 0 fully saturated rings. The molecule has 0 radical (unpaired) electrons. The minimum atomic E-state index is -0.784. The molecule has 7 heteroatoms. The number of nitro groups is 1. The first kappa shape index (κ1) is 12.2.